The van der Waals surface area contributed by atoms with Gasteiger partial charge in [0.25, 0.3) is 0 Å². The summed E-state index contributed by atoms with van der Waals surface area (Å²) in [6.45, 7) is 10.7. The van der Waals surface area contributed by atoms with Crippen LogP contribution in [0, 0.1) is 11.3 Å². The summed E-state index contributed by atoms with van der Waals surface area (Å²) in [5, 5.41) is 9.81. The zero-order valence-electron chi connectivity index (χ0n) is 16.1. The fourth-order valence-corrected chi connectivity index (χ4v) is 3.68. The van der Waals surface area contributed by atoms with Gasteiger partial charge in [-0.1, -0.05) is 20.3 Å². The lowest BCUT2D eigenvalue weighted by molar-refractivity contribution is -0.168. The van der Waals surface area contributed by atoms with E-state index in [2.05, 4.69) is 34.8 Å². The molecule has 0 saturated heterocycles. The minimum atomic E-state index is 0. The first-order valence-electron chi connectivity index (χ1n) is 9.47. The Morgan fingerprint density at radius 1 is 1.28 bits per heavy atom. The van der Waals surface area contributed by atoms with Gasteiger partial charge < -0.3 is 20.7 Å². The Morgan fingerprint density at radius 3 is 2.52 bits per heavy atom. The normalized spacial score (nSPS) is 24.1. The highest BCUT2D eigenvalue weighted by Gasteiger charge is 2.59. The van der Waals surface area contributed by atoms with Gasteiger partial charge in [0.15, 0.2) is 5.96 Å². The molecule has 2 fully saturated rings. The predicted octanol–water partition coefficient (Wildman–Crippen LogP) is 2.28. The van der Waals surface area contributed by atoms with Crippen LogP contribution in [0.3, 0.4) is 0 Å². The van der Waals surface area contributed by atoms with Gasteiger partial charge >= 0.3 is 0 Å². The molecule has 0 aliphatic heterocycles. The Bertz CT molecular complexity index is 452. The molecule has 3 N–H and O–H groups in total. The van der Waals surface area contributed by atoms with Crippen LogP contribution in [0.4, 0.5) is 0 Å². The number of ether oxygens (including phenoxy) is 1. The smallest absolute Gasteiger partial charge is 0.222 e. The van der Waals surface area contributed by atoms with Crippen molar-refractivity contribution < 1.29 is 9.53 Å². The van der Waals surface area contributed by atoms with Crippen molar-refractivity contribution in [3.63, 3.8) is 0 Å². The zero-order chi connectivity index (χ0) is 17.6. The zero-order valence-corrected chi connectivity index (χ0v) is 18.4. The monoisotopic (exact) mass is 466 g/mol. The van der Waals surface area contributed by atoms with Gasteiger partial charge in [-0.2, -0.15) is 0 Å². The third-order valence-electron chi connectivity index (χ3n) is 5.30. The lowest BCUT2D eigenvalue weighted by Gasteiger charge is -2.61. The number of hydrogen-bond acceptors (Lipinski definition) is 3. The van der Waals surface area contributed by atoms with Crippen LogP contribution in [0.5, 0.6) is 0 Å². The summed E-state index contributed by atoms with van der Waals surface area (Å²) in [5.74, 6) is 0.946. The number of carbonyl (C=O) groups is 1. The first kappa shape index (κ1) is 22.5. The van der Waals surface area contributed by atoms with Crippen molar-refractivity contribution in [1.29, 1.82) is 0 Å². The molecule has 2 aliphatic carbocycles. The van der Waals surface area contributed by atoms with Gasteiger partial charge in [0.2, 0.25) is 5.91 Å². The molecule has 2 unspecified atom stereocenters. The van der Waals surface area contributed by atoms with Crippen LogP contribution in [0.15, 0.2) is 4.99 Å². The van der Waals surface area contributed by atoms with Crippen LogP contribution in [-0.2, 0) is 9.53 Å². The molecule has 1 amide bonds. The maximum atomic E-state index is 11.6. The van der Waals surface area contributed by atoms with E-state index in [0.29, 0.717) is 30.7 Å². The molecule has 0 heterocycles. The highest BCUT2D eigenvalue weighted by molar-refractivity contribution is 14.0. The number of aliphatic imine (C=N–C) groups is 1. The Kier molecular flexibility index (Phi) is 9.48. The summed E-state index contributed by atoms with van der Waals surface area (Å²) in [5.41, 5.74) is 0.318. The van der Waals surface area contributed by atoms with Gasteiger partial charge in [0, 0.05) is 37.1 Å². The molecular formula is C18H35IN4O2. The number of carbonyl (C=O) groups excluding carboxylic acids is 1. The van der Waals surface area contributed by atoms with E-state index in [0.717, 1.165) is 25.5 Å². The average Bonchev–Trinajstić information content (AvgIpc) is 2.48. The van der Waals surface area contributed by atoms with Crippen LogP contribution in [0.25, 0.3) is 0 Å². The Morgan fingerprint density at radius 2 is 2.00 bits per heavy atom. The number of amides is 1. The van der Waals surface area contributed by atoms with Gasteiger partial charge in [-0.15, -0.1) is 24.0 Å². The first-order chi connectivity index (χ1) is 11.5. The van der Waals surface area contributed by atoms with E-state index in [1.54, 1.807) is 0 Å². The fourth-order valence-electron chi connectivity index (χ4n) is 3.68. The summed E-state index contributed by atoms with van der Waals surface area (Å²) in [7, 11) is 0. The summed E-state index contributed by atoms with van der Waals surface area (Å²) < 4.78 is 5.91. The van der Waals surface area contributed by atoms with Crippen LogP contribution >= 0.6 is 24.0 Å². The maximum absolute atomic E-state index is 11.6. The second kappa shape index (κ2) is 10.5. The molecule has 0 bridgehead atoms. The van der Waals surface area contributed by atoms with Crippen molar-refractivity contribution in [3.05, 3.63) is 0 Å². The average molecular weight is 466 g/mol. The van der Waals surface area contributed by atoms with Crippen molar-refractivity contribution in [1.82, 2.24) is 16.0 Å². The fraction of sp³-hybridized carbons (Fsp3) is 0.889. The molecule has 0 aromatic rings. The number of nitrogens with zero attached hydrogens (tertiary/aromatic N) is 1. The molecule has 146 valence electrons. The second-order valence-corrected chi connectivity index (χ2v) is 7.17. The number of guanidine groups is 1. The van der Waals surface area contributed by atoms with Crippen molar-refractivity contribution >= 4 is 35.8 Å². The standard InChI is InChI=1S/C18H34N4O2.HI/c1-5-19-17(21-11-10-20-16(23)13(3)4)22-14-12-15(24-6-2)18(14)8-7-9-18;/h13-15H,5-12H2,1-4H3,(H,20,23)(H2,19,21,22);1H. The Labute approximate surface area is 169 Å². The molecule has 2 saturated carbocycles. The molecule has 1 spiro atoms. The van der Waals surface area contributed by atoms with Crippen molar-refractivity contribution in [2.45, 2.75) is 65.5 Å². The van der Waals surface area contributed by atoms with E-state index in [1.165, 1.54) is 19.3 Å². The summed E-state index contributed by atoms with van der Waals surface area (Å²) in [4.78, 5) is 16.2. The maximum Gasteiger partial charge on any atom is 0.222 e. The molecule has 0 aromatic heterocycles. The van der Waals surface area contributed by atoms with E-state index < -0.39 is 0 Å². The van der Waals surface area contributed by atoms with Crippen LogP contribution in [-0.4, -0.2) is 50.3 Å². The minimum Gasteiger partial charge on any atom is -0.378 e. The van der Waals surface area contributed by atoms with Crippen molar-refractivity contribution in [2.24, 2.45) is 16.3 Å². The first-order valence-corrected chi connectivity index (χ1v) is 9.47. The van der Waals surface area contributed by atoms with Crippen molar-refractivity contribution in [3.8, 4) is 0 Å². The van der Waals surface area contributed by atoms with Gasteiger partial charge in [0.1, 0.15) is 0 Å². The van der Waals surface area contributed by atoms with Crippen LogP contribution in [0.1, 0.15) is 53.4 Å². The predicted molar refractivity (Wildman–Crippen MR) is 112 cm³/mol. The van der Waals surface area contributed by atoms with Gasteiger partial charge in [-0.25, -0.2) is 0 Å². The summed E-state index contributed by atoms with van der Waals surface area (Å²) in [6, 6.07) is 0.450. The van der Waals surface area contributed by atoms with Crippen LogP contribution < -0.4 is 16.0 Å². The topological polar surface area (TPSA) is 74.8 Å². The molecule has 0 radical (unpaired) electrons. The molecule has 6 nitrogen and oxygen atoms in total. The van der Waals surface area contributed by atoms with Crippen LogP contribution in [0.2, 0.25) is 0 Å². The molecule has 7 heteroatoms. The molecule has 0 aromatic carbocycles. The number of nitrogens with one attached hydrogen (secondary N) is 3. The van der Waals surface area contributed by atoms with E-state index in [9.17, 15) is 4.79 Å². The van der Waals surface area contributed by atoms with Gasteiger partial charge in [-0.3, -0.25) is 9.79 Å². The molecule has 2 atom stereocenters. The number of hydrogen-bond donors (Lipinski definition) is 3. The quantitative estimate of drug-likeness (QED) is 0.222. The highest BCUT2D eigenvalue weighted by Crippen LogP contribution is 2.57. The molecule has 25 heavy (non-hydrogen) atoms. The third-order valence-corrected chi connectivity index (χ3v) is 5.30. The Balaban J connectivity index is 0.00000312. The minimum absolute atomic E-state index is 0. The lowest BCUT2D eigenvalue weighted by Crippen LogP contribution is -2.68. The summed E-state index contributed by atoms with van der Waals surface area (Å²) in [6.07, 6.45) is 5.26. The molecule has 2 aliphatic rings. The third kappa shape index (κ3) is 5.45. The van der Waals surface area contributed by atoms with Gasteiger partial charge in [-0.05, 0) is 33.1 Å². The van der Waals surface area contributed by atoms with E-state index in [-0.39, 0.29) is 35.8 Å². The van der Waals surface area contributed by atoms with Gasteiger partial charge in [0.05, 0.1) is 12.6 Å². The number of halogens is 1. The molecular weight excluding hydrogens is 431 g/mol. The second-order valence-electron chi connectivity index (χ2n) is 7.17. The SMILES string of the molecule is CCNC(=NCCNC(=O)C(C)C)NC1CC(OCC)C12CCC2.I. The molecule has 2 rings (SSSR count). The number of rotatable bonds is 8. The Hall–Kier alpha value is -0.570. The summed E-state index contributed by atoms with van der Waals surface area (Å²) >= 11 is 0. The van der Waals surface area contributed by atoms with E-state index in [1.807, 2.05) is 13.8 Å². The highest BCUT2D eigenvalue weighted by atomic mass is 127. The van der Waals surface area contributed by atoms with E-state index >= 15 is 0 Å². The van der Waals surface area contributed by atoms with E-state index in [4.69, 9.17) is 4.74 Å². The van der Waals surface area contributed by atoms with Crippen molar-refractivity contribution in [2.75, 3.05) is 26.2 Å². The largest absolute Gasteiger partial charge is 0.378 e. The lowest BCUT2D eigenvalue weighted by atomic mass is 9.51.